The number of amides is 1. The zero-order chi connectivity index (χ0) is 15.2. The van der Waals surface area contributed by atoms with Crippen LogP contribution in [0.4, 0.5) is 0 Å². The summed E-state index contributed by atoms with van der Waals surface area (Å²) in [6.45, 7) is 4.43. The lowest BCUT2D eigenvalue weighted by Crippen LogP contribution is -2.28. The van der Waals surface area contributed by atoms with Crippen molar-refractivity contribution in [3.63, 3.8) is 0 Å². The Morgan fingerprint density at radius 2 is 1.86 bits per heavy atom. The second kappa shape index (κ2) is 7.14. The molecule has 1 amide bonds. The lowest BCUT2D eigenvalue weighted by Gasteiger charge is -2.10. The van der Waals surface area contributed by atoms with Gasteiger partial charge in [0.15, 0.2) is 6.61 Å². The normalized spacial score (nSPS) is 10.2. The number of aryl methyl sites for hydroxylation is 2. The summed E-state index contributed by atoms with van der Waals surface area (Å²) in [5.74, 6) is 0.600. The SMILES string of the molecule is Cc1ccc(C)c(OCC(=O)NCc2ccc(Cl)cc2)c1. The zero-order valence-electron chi connectivity index (χ0n) is 12.2. The van der Waals surface area contributed by atoms with Gasteiger partial charge < -0.3 is 10.1 Å². The summed E-state index contributed by atoms with van der Waals surface area (Å²) in [6.07, 6.45) is 0. The number of nitrogens with one attached hydrogen (secondary N) is 1. The van der Waals surface area contributed by atoms with Crippen LogP contribution < -0.4 is 10.1 Å². The van der Waals surface area contributed by atoms with E-state index in [1.54, 1.807) is 12.1 Å². The van der Waals surface area contributed by atoms with Gasteiger partial charge in [0.1, 0.15) is 5.75 Å². The molecule has 0 heterocycles. The van der Waals surface area contributed by atoms with Gasteiger partial charge in [-0.1, -0.05) is 35.9 Å². The number of halogens is 1. The molecule has 3 nitrogen and oxygen atoms in total. The minimum absolute atomic E-state index is 0.0118. The van der Waals surface area contributed by atoms with Crippen LogP contribution in [0.1, 0.15) is 16.7 Å². The number of carbonyl (C=O) groups is 1. The summed E-state index contributed by atoms with van der Waals surface area (Å²) in [6, 6.07) is 13.3. The Balaban J connectivity index is 1.82. The molecule has 0 fully saturated rings. The van der Waals surface area contributed by atoms with Gasteiger partial charge in [0.05, 0.1) is 0 Å². The second-order valence-electron chi connectivity index (χ2n) is 4.96. The fourth-order valence-corrected chi connectivity index (χ4v) is 1.99. The molecule has 2 aromatic carbocycles. The Labute approximate surface area is 129 Å². The van der Waals surface area contributed by atoms with E-state index in [0.29, 0.717) is 11.6 Å². The van der Waals surface area contributed by atoms with E-state index in [4.69, 9.17) is 16.3 Å². The van der Waals surface area contributed by atoms with Crippen molar-refractivity contribution in [3.05, 3.63) is 64.2 Å². The second-order valence-corrected chi connectivity index (χ2v) is 5.40. The first-order chi connectivity index (χ1) is 10.0. The van der Waals surface area contributed by atoms with E-state index < -0.39 is 0 Å². The zero-order valence-corrected chi connectivity index (χ0v) is 12.9. The van der Waals surface area contributed by atoms with Gasteiger partial charge in [-0.25, -0.2) is 0 Å². The van der Waals surface area contributed by atoms with E-state index >= 15 is 0 Å². The lowest BCUT2D eigenvalue weighted by atomic mass is 10.1. The van der Waals surface area contributed by atoms with Gasteiger partial charge in [-0.15, -0.1) is 0 Å². The highest BCUT2D eigenvalue weighted by molar-refractivity contribution is 6.30. The van der Waals surface area contributed by atoms with Gasteiger partial charge in [-0.2, -0.15) is 0 Å². The third-order valence-electron chi connectivity index (χ3n) is 3.11. The highest BCUT2D eigenvalue weighted by atomic mass is 35.5. The number of rotatable bonds is 5. The highest BCUT2D eigenvalue weighted by Gasteiger charge is 2.05. The maximum atomic E-state index is 11.8. The molecule has 1 N–H and O–H groups in total. The van der Waals surface area contributed by atoms with Crippen molar-refractivity contribution in [1.29, 1.82) is 0 Å². The third kappa shape index (κ3) is 4.80. The predicted molar refractivity (Wildman–Crippen MR) is 84.7 cm³/mol. The predicted octanol–water partition coefficient (Wildman–Crippen LogP) is 3.65. The van der Waals surface area contributed by atoms with E-state index in [2.05, 4.69) is 5.32 Å². The first-order valence-electron chi connectivity index (χ1n) is 6.76. The maximum absolute atomic E-state index is 11.8. The molecule has 0 saturated carbocycles. The molecule has 0 radical (unpaired) electrons. The van der Waals surface area contributed by atoms with Crippen LogP contribution in [-0.2, 0) is 11.3 Å². The quantitative estimate of drug-likeness (QED) is 0.915. The van der Waals surface area contributed by atoms with Crippen LogP contribution in [0.25, 0.3) is 0 Å². The molecule has 0 saturated heterocycles. The number of hydrogen-bond donors (Lipinski definition) is 1. The summed E-state index contributed by atoms with van der Waals surface area (Å²) >= 11 is 5.81. The van der Waals surface area contributed by atoms with Gasteiger partial charge in [0.2, 0.25) is 0 Å². The Kier molecular flexibility index (Phi) is 5.23. The van der Waals surface area contributed by atoms with Crippen LogP contribution in [0.3, 0.4) is 0 Å². The van der Waals surface area contributed by atoms with Crippen LogP contribution in [-0.4, -0.2) is 12.5 Å². The van der Waals surface area contributed by atoms with E-state index in [9.17, 15) is 4.79 Å². The number of carbonyl (C=O) groups excluding carboxylic acids is 1. The summed E-state index contributed by atoms with van der Waals surface area (Å²) in [7, 11) is 0. The molecule has 0 aliphatic carbocycles. The van der Waals surface area contributed by atoms with E-state index in [0.717, 1.165) is 22.4 Å². The molecule has 0 atom stereocenters. The largest absolute Gasteiger partial charge is 0.483 e. The Bertz CT molecular complexity index is 623. The fraction of sp³-hybridized carbons (Fsp3) is 0.235. The van der Waals surface area contributed by atoms with Gasteiger partial charge in [0, 0.05) is 11.6 Å². The van der Waals surface area contributed by atoms with Crippen LogP contribution in [0.2, 0.25) is 5.02 Å². The minimum Gasteiger partial charge on any atom is -0.483 e. The first kappa shape index (κ1) is 15.4. The molecule has 4 heteroatoms. The number of benzene rings is 2. The van der Waals surface area contributed by atoms with E-state index in [-0.39, 0.29) is 12.5 Å². The molecule has 2 rings (SSSR count). The molecular formula is C17H18ClNO2. The van der Waals surface area contributed by atoms with Crippen molar-refractivity contribution in [2.24, 2.45) is 0 Å². The Morgan fingerprint density at radius 1 is 1.14 bits per heavy atom. The molecule has 110 valence electrons. The van der Waals surface area contributed by atoms with Crippen molar-refractivity contribution >= 4 is 17.5 Å². The Morgan fingerprint density at radius 3 is 2.57 bits per heavy atom. The molecule has 0 aromatic heterocycles. The van der Waals surface area contributed by atoms with Crippen molar-refractivity contribution in [2.45, 2.75) is 20.4 Å². The smallest absolute Gasteiger partial charge is 0.258 e. The van der Waals surface area contributed by atoms with Crippen molar-refractivity contribution in [1.82, 2.24) is 5.32 Å². The van der Waals surface area contributed by atoms with Gasteiger partial charge in [-0.3, -0.25) is 4.79 Å². The van der Waals surface area contributed by atoms with Crippen LogP contribution in [0, 0.1) is 13.8 Å². The summed E-state index contributed by atoms with van der Waals surface area (Å²) < 4.78 is 5.55. The van der Waals surface area contributed by atoms with Crippen LogP contribution in [0.5, 0.6) is 5.75 Å². The highest BCUT2D eigenvalue weighted by Crippen LogP contribution is 2.18. The van der Waals surface area contributed by atoms with Crippen molar-refractivity contribution < 1.29 is 9.53 Å². The average molecular weight is 304 g/mol. The average Bonchev–Trinajstić information content (AvgIpc) is 2.47. The molecule has 0 bridgehead atoms. The fourth-order valence-electron chi connectivity index (χ4n) is 1.86. The number of ether oxygens (including phenoxy) is 1. The molecular weight excluding hydrogens is 286 g/mol. The molecule has 0 aliphatic rings. The van der Waals surface area contributed by atoms with Crippen molar-refractivity contribution in [3.8, 4) is 5.75 Å². The standard InChI is InChI=1S/C17H18ClNO2/c1-12-3-4-13(2)16(9-12)21-11-17(20)19-10-14-5-7-15(18)8-6-14/h3-9H,10-11H2,1-2H3,(H,19,20). The maximum Gasteiger partial charge on any atom is 0.258 e. The molecule has 0 aliphatic heterocycles. The molecule has 21 heavy (non-hydrogen) atoms. The van der Waals surface area contributed by atoms with Crippen molar-refractivity contribution in [2.75, 3.05) is 6.61 Å². The molecule has 0 spiro atoms. The Hall–Kier alpha value is -2.00. The van der Waals surface area contributed by atoms with Gasteiger partial charge >= 0.3 is 0 Å². The third-order valence-corrected chi connectivity index (χ3v) is 3.36. The summed E-state index contributed by atoms with van der Waals surface area (Å²) in [5.41, 5.74) is 3.13. The monoisotopic (exact) mass is 303 g/mol. The van der Waals surface area contributed by atoms with E-state index in [1.807, 2.05) is 44.2 Å². The lowest BCUT2D eigenvalue weighted by molar-refractivity contribution is -0.123. The first-order valence-corrected chi connectivity index (χ1v) is 7.13. The number of hydrogen-bond acceptors (Lipinski definition) is 2. The summed E-state index contributed by atoms with van der Waals surface area (Å²) in [4.78, 5) is 11.8. The molecule has 0 unspecified atom stereocenters. The van der Waals surface area contributed by atoms with Crippen LogP contribution >= 0.6 is 11.6 Å². The topological polar surface area (TPSA) is 38.3 Å². The van der Waals surface area contributed by atoms with Gasteiger partial charge in [0.25, 0.3) is 5.91 Å². The molecule has 2 aromatic rings. The van der Waals surface area contributed by atoms with Crippen LogP contribution in [0.15, 0.2) is 42.5 Å². The minimum atomic E-state index is -0.147. The van der Waals surface area contributed by atoms with E-state index in [1.165, 1.54) is 0 Å². The summed E-state index contributed by atoms with van der Waals surface area (Å²) in [5, 5.41) is 3.50. The van der Waals surface area contributed by atoms with Gasteiger partial charge in [-0.05, 0) is 48.7 Å².